The Morgan fingerprint density at radius 2 is 2.06 bits per heavy atom. The van der Waals surface area contributed by atoms with E-state index in [0.717, 1.165) is 0 Å². The van der Waals surface area contributed by atoms with Gasteiger partial charge in [0.1, 0.15) is 5.60 Å². The first-order valence-electron chi connectivity index (χ1n) is 5.94. The van der Waals surface area contributed by atoms with Crippen LogP contribution < -0.4 is 0 Å². The van der Waals surface area contributed by atoms with E-state index in [9.17, 15) is 4.79 Å². The lowest BCUT2D eigenvalue weighted by Gasteiger charge is -2.28. The van der Waals surface area contributed by atoms with Gasteiger partial charge in [-0.3, -0.25) is 4.90 Å². The van der Waals surface area contributed by atoms with Crippen LogP contribution in [-0.4, -0.2) is 36.5 Å². The van der Waals surface area contributed by atoms with Gasteiger partial charge in [-0.15, -0.1) is 0 Å². The highest BCUT2D eigenvalue weighted by molar-refractivity contribution is 5.73. The number of aliphatic imine (C=N–C) groups is 1. The van der Waals surface area contributed by atoms with Crippen LogP contribution in [0.25, 0.3) is 0 Å². The quantitative estimate of drug-likeness (QED) is 0.723. The summed E-state index contributed by atoms with van der Waals surface area (Å²) in [7, 11) is 1.52. The van der Waals surface area contributed by atoms with Crippen molar-refractivity contribution in [2.75, 3.05) is 13.7 Å². The van der Waals surface area contributed by atoms with Crippen molar-refractivity contribution < 1.29 is 14.3 Å². The Balaban J connectivity index is 2.90. The third-order valence-corrected chi connectivity index (χ3v) is 2.22. The summed E-state index contributed by atoms with van der Waals surface area (Å²) in [4.78, 5) is 17.7. The molecule has 1 aliphatic heterocycles. The minimum absolute atomic E-state index is 0.228. The third-order valence-electron chi connectivity index (χ3n) is 2.22. The van der Waals surface area contributed by atoms with Gasteiger partial charge >= 0.3 is 6.09 Å². The van der Waals surface area contributed by atoms with E-state index < -0.39 is 11.7 Å². The molecule has 102 valence electrons. The van der Waals surface area contributed by atoms with Crippen LogP contribution in [0.3, 0.4) is 0 Å². The van der Waals surface area contributed by atoms with Crippen LogP contribution in [-0.2, 0) is 9.47 Å². The highest BCUT2D eigenvalue weighted by Crippen LogP contribution is 2.21. The average Bonchev–Trinajstić information content (AvgIpc) is 2.34. The predicted molar refractivity (Wildman–Crippen MR) is 70.3 cm³/mol. The second kappa shape index (κ2) is 5.00. The Morgan fingerprint density at radius 3 is 2.56 bits per heavy atom. The second-order valence-corrected chi connectivity index (χ2v) is 6.03. The molecule has 0 atom stereocenters. The van der Waals surface area contributed by atoms with E-state index in [-0.39, 0.29) is 5.41 Å². The highest BCUT2D eigenvalue weighted by Gasteiger charge is 2.28. The summed E-state index contributed by atoms with van der Waals surface area (Å²) in [6.07, 6.45) is 2.96. The standard InChI is InChI=1S/C13H22N2O3/c1-12(2,3)18-11(16)15-7-10(17-6)14-8-13(4,5)9-15/h7-8H,9H2,1-6H3. The van der Waals surface area contributed by atoms with E-state index in [4.69, 9.17) is 9.47 Å². The summed E-state index contributed by atoms with van der Waals surface area (Å²) in [6, 6.07) is 0. The van der Waals surface area contributed by atoms with Crippen LogP contribution in [0.1, 0.15) is 34.6 Å². The van der Waals surface area contributed by atoms with Gasteiger partial charge in [-0.2, -0.15) is 0 Å². The van der Waals surface area contributed by atoms with E-state index in [1.807, 2.05) is 34.6 Å². The smallest absolute Gasteiger partial charge is 0.414 e. The Bertz CT molecular complexity index is 378. The van der Waals surface area contributed by atoms with Crippen molar-refractivity contribution in [3.63, 3.8) is 0 Å². The molecule has 0 aromatic heterocycles. The first-order chi connectivity index (χ1) is 8.13. The summed E-state index contributed by atoms with van der Waals surface area (Å²) in [5, 5.41) is 0. The number of amides is 1. The Hall–Kier alpha value is -1.52. The van der Waals surface area contributed by atoms with Gasteiger partial charge < -0.3 is 9.47 Å². The van der Waals surface area contributed by atoms with Crippen LogP contribution in [0.2, 0.25) is 0 Å². The second-order valence-electron chi connectivity index (χ2n) is 6.03. The number of carbonyl (C=O) groups is 1. The monoisotopic (exact) mass is 254 g/mol. The van der Waals surface area contributed by atoms with Gasteiger partial charge in [0.15, 0.2) is 0 Å². The summed E-state index contributed by atoms with van der Waals surface area (Å²) >= 11 is 0. The molecule has 0 aromatic carbocycles. The maximum absolute atomic E-state index is 12.1. The van der Waals surface area contributed by atoms with Gasteiger partial charge in [-0.25, -0.2) is 9.79 Å². The molecule has 1 amide bonds. The SMILES string of the molecule is COC1=CN(C(=O)OC(C)(C)C)CC(C)(C)C=N1. The predicted octanol–water partition coefficient (Wildman–Crippen LogP) is 2.78. The van der Waals surface area contributed by atoms with Crippen molar-refractivity contribution in [2.45, 2.75) is 40.2 Å². The van der Waals surface area contributed by atoms with E-state index >= 15 is 0 Å². The van der Waals surface area contributed by atoms with Gasteiger partial charge in [0.2, 0.25) is 5.88 Å². The third kappa shape index (κ3) is 4.39. The zero-order valence-electron chi connectivity index (χ0n) is 12.0. The molecule has 5 nitrogen and oxygen atoms in total. The number of nitrogens with zero attached hydrogens (tertiary/aromatic N) is 2. The molecule has 18 heavy (non-hydrogen) atoms. The molecule has 0 aliphatic carbocycles. The van der Waals surface area contributed by atoms with Crippen molar-refractivity contribution in [1.29, 1.82) is 0 Å². The minimum atomic E-state index is -0.518. The molecular formula is C13H22N2O3. The Labute approximate surface area is 108 Å². The van der Waals surface area contributed by atoms with Gasteiger partial charge in [0.25, 0.3) is 0 Å². The summed E-state index contributed by atoms with van der Waals surface area (Å²) < 4.78 is 10.4. The minimum Gasteiger partial charge on any atom is -0.480 e. The molecule has 0 fully saturated rings. The molecule has 0 unspecified atom stereocenters. The lowest BCUT2D eigenvalue weighted by atomic mass is 9.95. The number of hydrogen-bond acceptors (Lipinski definition) is 4. The normalized spacial score (nSPS) is 19.0. The Morgan fingerprint density at radius 1 is 1.44 bits per heavy atom. The molecule has 0 saturated carbocycles. The molecule has 0 N–H and O–H groups in total. The zero-order valence-corrected chi connectivity index (χ0v) is 12.0. The molecule has 1 aliphatic rings. The molecule has 1 rings (SSSR count). The van der Waals surface area contributed by atoms with Crippen molar-refractivity contribution in [3.8, 4) is 0 Å². The molecule has 0 bridgehead atoms. The topological polar surface area (TPSA) is 51.1 Å². The van der Waals surface area contributed by atoms with Gasteiger partial charge in [-0.1, -0.05) is 13.8 Å². The maximum Gasteiger partial charge on any atom is 0.414 e. The Kier molecular flexibility index (Phi) is 4.04. The maximum atomic E-state index is 12.1. The van der Waals surface area contributed by atoms with Crippen molar-refractivity contribution >= 4 is 12.3 Å². The van der Waals surface area contributed by atoms with Gasteiger partial charge in [0, 0.05) is 18.2 Å². The van der Waals surface area contributed by atoms with Crippen LogP contribution in [0.4, 0.5) is 4.79 Å². The lowest BCUT2D eigenvalue weighted by molar-refractivity contribution is 0.0301. The number of methoxy groups -OCH3 is 1. The van der Waals surface area contributed by atoms with Crippen LogP contribution in [0.15, 0.2) is 17.1 Å². The number of carbonyl (C=O) groups excluding carboxylic acids is 1. The summed E-state index contributed by atoms with van der Waals surface area (Å²) in [6.45, 7) is 10.0. The fourth-order valence-corrected chi connectivity index (χ4v) is 1.47. The van der Waals surface area contributed by atoms with Gasteiger partial charge in [-0.05, 0) is 20.8 Å². The van der Waals surface area contributed by atoms with E-state index in [1.165, 1.54) is 12.0 Å². The summed E-state index contributed by atoms with van der Waals surface area (Å²) in [5.74, 6) is 0.395. The van der Waals surface area contributed by atoms with Crippen LogP contribution >= 0.6 is 0 Å². The number of hydrogen-bond donors (Lipinski definition) is 0. The van der Waals surface area contributed by atoms with Crippen LogP contribution in [0.5, 0.6) is 0 Å². The molecule has 0 aromatic rings. The van der Waals surface area contributed by atoms with E-state index in [2.05, 4.69) is 4.99 Å². The van der Waals surface area contributed by atoms with Crippen LogP contribution in [0, 0.1) is 5.41 Å². The van der Waals surface area contributed by atoms with Crippen molar-refractivity contribution in [1.82, 2.24) is 4.90 Å². The van der Waals surface area contributed by atoms with Gasteiger partial charge in [0.05, 0.1) is 13.3 Å². The molecule has 1 heterocycles. The lowest BCUT2D eigenvalue weighted by Crippen LogP contribution is -2.39. The molecule has 0 saturated heterocycles. The summed E-state index contributed by atoms with van der Waals surface area (Å²) in [5.41, 5.74) is -0.747. The highest BCUT2D eigenvalue weighted by atomic mass is 16.6. The number of ether oxygens (including phenoxy) is 2. The fraction of sp³-hybridized carbons (Fsp3) is 0.692. The zero-order chi connectivity index (χ0) is 14.0. The largest absolute Gasteiger partial charge is 0.480 e. The first kappa shape index (κ1) is 14.5. The van der Waals surface area contributed by atoms with Crippen molar-refractivity contribution in [2.24, 2.45) is 10.4 Å². The number of rotatable bonds is 1. The molecule has 5 heteroatoms. The average molecular weight is 254 g/mol. The first-order valence-corrected chi connectivity index (χ1v) is 5.94. The molecule has 0 radical (unpaired) electrons. The van der Waals surface area contributed by atoms with Crippen molar-refractivity contribution in [3.05, 3.63) is 12.1 Å². The molecular weight excluding hydrogens is 232 g/mol. The fourth-order valence-electron chi connectivity index (χ4n) is 1.47. The molecule has 0 spiro atoms. The van der Waals surface area contributed by atoms with E-state index in [0.29, 0.717) is 12.4 Å². The van der Waals surface area contributed by atoms with E-state index in [1.54, 1.807) is 12.4 Å².